The second kappa shape index (κ2) is 8.87. The molecule has 1 fully saturated rings. The molecular formula is C28H20FNO4. The van der Waals surface area contributed by atoms with E-state index >= 15 is 0 Å². The van der Waals surface area contributed by atoms with E-state index in [1.807, 2.05) is 0 Å². The Bertz CT molecular complexity index is 1510. The van der Waals surface area contributed by atoms with E-state index in [1.54, 1.807) is 54.6 Å². The molecule has 5 rings (SSSR count). The van der Waals surface area contributed by atoms with Crippen LogP contribution in [0.3, 0.4) is 0 Å². The Morgan fingerprint density at radius 2 is 1.91 bits per heavy atom. The van der Waals surface area contributed by atoms with Gasteiger partial charge in [-0.25, -0.2) is 4.39 Å². The molecule has 0 saturated heterocycles. The second-order valence-electron chi connectivity index (χ2n) is 8.28. The van der Waals surface area contributed by atoms with Gasteiger partial charge in [0.1, 0.15) is 17.2 Å². The number of ether oxygens (including phenoxy) is 1. The highest BCUT2D eigenvalue weighted by Crippen LogP contribution is 2.36. The maximum Gasteiger partial charge on any atom is 0.201 e. The van der Waals surface area contributed by atoms with Crippen LogP contribution in [0.1, 0.15) is 29.7 Å². The summed E-state index contributed by atoms with van der Waals surface area (Å²) < 4.78 is 25.7. The van der Waals surface area contributed by atoms with Gasteiger partial charge in [0.15, 0.2) is 11.5 Å². The Kier molecular flexibility index (Phi) is 5.60. The van der Waals surface area contributed by atoms with E-state index in [2.05, 4.69) is 6.07 Å². The molecule has 4 aromatic rings. The highest BCUT2D eigenvalue weighted by molar-refractivity contribution is 5.87. The van der Waals surface area contributed by atoms with Crippen LogP contribution in [0.25, 0.3) is 34.2 Å². The van der Waals surface area contributed by atoms with Gasteiger partial charge in [0.2, 0.25) is 5.43 Å². The molecule has 3 aromatic carbocycles. The highest BCUT2D eigenvalue weighted by Gasteiger charge is 2.23. The molecule has 0 radical (unpaired) electrons. The first-order chi connectivity index (χ1) is 16.5. The maximum absolute atomic E-state index is 13.9. The molecule has 1 saturated carbocycles. The summed E-state index contributed by atoms with van der Waals surface area (Å²) in [5.74, 6) is 0.606. The van der Waals surface area contributed by atoms with Crippen LogP contribution in [0.4, 0.5) is 4.39 Å². The van der Waals surface area contributed by atoms with Gasteiger partial charge in [0, 0.05) is 11.6 Å². The van der Waals surface area contributed by atoms with Gasteiger partial charge in [-0.1, -0.05) is 24.3 Å². The van der Waals surface area contributed by atoms with Crippen molar-refractivity contribution in [2.75, 3.05) is 6.61 Å². The van der Waals surface area contributed by atoms with Crippen LogP contribution in [0.15, 0.2) is 69.9 Å². The first kappa shape index (κ1) is 21.5. The quantitative estimate of drug-likeness (QED) is 0.379. The summed E-state index contributed by atoms with van der Waals surface area (Å²) >= 11 is 0. The van der Waals surface area contributed by atoms with Gasteiger partial charge in [0.25, 0.3) is 0 Å². The number of para-hydroxylation sites is 1. The molecule has 6 heteroatoms. The van der Waals surface area contributed by atoms with Crippen molar-refractivity contribution < 1.29 is 18.7 Å². The van der Waals surface area contributed by atoms with Crippen LogP contribution in [0.2, 0.25) is 0 Å². The molecule has 1 heterocycles. The van der Waals surface area contributed by atoms with Gasteiger partial charge >= 0.3 is 0 Å². The summed E-state index contributed by atoms with van der Waals surface area (Å²) in [6, 6.07) is 17.5. The number of rotatable bonds is 6. The van der Waals surface area contributed by atoms with Crippen molar-refractivity contribution >= 4 is 23.1 Å². The van der Waals surface area contributed by atoms with E-state index in [1.165, 1.54) is 18.2 Å². The van der Waals surface area contributed by atoms with Crippen LogP contribution in [0, 0.1) is 23.1 Å². The van der Waals surface area contributed by atoms with Crippen molar-refractivity contribution in [3.8, 4) is 28.7 Å². The maximum atomic E-state index is 13.9. The zero-order valence-electron chi connectivity index (χ0n) is 18.1. The molecule has 5 nitrogen and oxygen atoms in total. The fourth-order valence-electron chi connectivity index (χ4n) is 3.77. The van der Waals surface area contributed by atoms with E-state index in [0.717, 1.165) is 12.8 Å². The number of phenolic OH excluding ortho intramolecular Hbond substituents is 1. The lowest BCUT2D eigenvalue weighted by Crippen LogP contribution is -2.07. The molecule has 168 valence electrons. The number of phenols is 1. The van der Waals surface area contributed by atoms with Crippen molar-refractivity contribution in [3.63, 3.8) is 0 Å². The molecule has 0 bridgehead atoms. The molecular weight excluding hydrogens is 433 g/mol. The molecule has 1 aliphatic rings. The summed E-state index contributed by atoms with van der Waals surface area (Å²) in [4.78, 5) is 13.4. The SMILES string of the molecule is N#Cc1ccc(-c2c(/C=C/c3cccc(O)c3OCC3CC3)oc3cc(F)ccc3c2=O)cc1. The number of benzene rings is 3. The number of hydrogen-bond acceptors (Lipinski definition) is 5. The minimum absolute atomic E-state index is 0.0251. The van der Waals surface area contributed by atoms with Crippen LogP contribution in [0.5, 0.6) is 11.5 Å². The zero-order valence-corrected chi connectivity index (χ0v) is 18.1. The minimum atomic E-state index is -0.513. The van der Waals surface area contributed by atoms with Crippen LogP contribution in [-0.2, 0) is 0 Å². The van der Waals surface area contributed by atoms with Gasteiger partial charge in [-0.05, 0) is 66.8 Å². The van der Waals surface area contributed by atoms with Crippen molar-refractivity contribution in [1.29, 1.82) is 5.26 Å². The Labute approximate surface area is 195 Å². The van der Waals surface area contributed by atoms with Crippen molar-refractivity contribution in [1.82, 2.24) is 0 Å². The molecule has 1 aliphatic carbocycles. The first-order valence-corrected chi connectivity index (χ1v) is 10.9. The third-order valence-electron chi connectivity index (χ3n) is 5.78. The van der Waals surface area contributed by atoms with Gasteiger partial charge in [-0.3, -0.25) is 4.79 Å². The van der Waals surface area contributed by atoms with Crippen LogP contribution < -0.4 is 10.2 Å². The average Bonchev–Trinajstić information content (AvgIpc) is 3.67. The third kappa shape index (κ3) is 4.28. The lowest BCUT2D eigenvalue weighted by Gasteiger charge is -2.11. The van der Waals surface area contributed by atoms with Gasteiger partial charge in [-0.15, -0.1) is 0 Å². The molecule has 34 heavy (non-hydrogen) atoms. The van der Waals surface area contributed by atoms with Crippen molar-refractivity contribution in [2.45, 2.75) is 12.8 Å². The predicted molar refractivity (Wildman–Crippen MR) is 128 cm³/mol. The van der Waals surface area contributed by atoms with Gasteiger partial charge in [-0.2, -0.15) is 5.26 Å². The molecule has 1 aromatic heterocycles. The topological polar surface area (TPSA) is 83.5 Å². The van der Waals surface area contributed by atoms with Crippen LogP contribution >= 0.6 is 0 Å². The summed E-state index contributed by atoms with van der Waals surface area (Å²) in [5.41, 5.74) is 1.76. The zero-order chi connectivity index (χ0) is 23.7. The smallest absolute Gasteiger partial charge is 0.201 e. The second-order valence-corrected chi connectivity index (χ2v) is 8.28. The monoisotopic (exact) mass is 453 g/mol. The van der Waals surface area contributed by atoms with E-state index in [9.17, 15) is 14.3 Å². The minimum Gasteiger partial charge on any atom is -0.504 e. The molecule has 0 spiro atoms. The number of aromatic hydroxyl groups is 1. The summed E-state index contributed by atoms with van der Waals surface area (Å²) in [7, 11) is 0. The Hall–Kier alpha value is -4.37. The fraction of sp³-hybridized carbons (Fsp3) is 0.143. The lowest BCUT2D eigenvalue weighted by atomic mass is 10.00. The first-order valence-electron chi connectivity index (χ1n) is 10.9. The van der Waals surface area contributed by atoms with Crippen molar-refractivity contribution in [3.05, 3.63) is 93.6 Å². The van der Waals surface area contributed by atoms with Gasteiger partial charge < -0.3 is 14.3 Å². The Morgan fingerprint density at radius 3 is 2.65 bits per heavy atom. The largest absolute Gasteiger partial charge is 0.504 e. The molecule has 0 amide bonds. The predicted octanol–water partition coefficient (Wildman–Crippen LogP) is 6.14. The fourth-order valence-corrected chi connectivity index (χ4v) is 3.77. The molecule has 0 unspecified atom stereocenters. The third-order valence-corrected chi connectivity index (χ3v) is 5.78. The van der Waals surface area contributed by atoms with Crippen LogP contribution in [-0.4, -0.2) is 11.7 Å². The number of hydrogen-bond donors (Lipinski definition) is 1. The van der Waals surface area contributed by atoms with Crippen molar-refractivity contribution in [2.24, 2.45) is 5.92 Å². The molecule has 0 atom stereocenters. The van der Waals surface area contributed by atoms with Gasteiger partial charge in [0.05, 0.1) is 29.2 Å². The highest BCUT2D eigenvalue weighted by atomic mass is 19.1. The Morgan fingerprint density at radius 1 is 1.12 bits per heavy atom. The standard InChI is InChI=1S/C28H20FNO4/c29-21-11-12-22-25(14-21)34-24(26(27(22)32)19-8-6-17(15-30)7-9-19)13-10-20-2-1-3-23(31)28(20)33-16-18-4-5-18/h1-3,6-14,18,31H,4-5,16H2/b13-10+. The number of nitriles is 1. The van der Waals surface area contributed by atoms with E-state index in [4.69, 9.17) is 14.4 Å². The average molecular weight is 453 g/mol. The number of nitrogens with zero attached hydrogens (tertiary/aromatic N) is 1. The van der Waals surface area contributed by atoms with E-state index in [0.29, 0.717) is 40.5 Å². The Balaban J connectivity index is 1.64. The molecule has 0 aliphatic heterocycles. The number of halogens is 1. The van der Waals surface area contributed by atoms with E-state index in [-0.39, 0.29) is 27.9 Å². The molecule has 1 N–H and O–H groups in total. The summed E-state index contributed by atoms with van der Waals surface area (Å²) in [6.45, 7) is 0.527. The number of fused-ring (bicyclic) bond motifs is 1. The summed E-state index contributed by atoms with van der Waals surface area (Å²) in [5, 5.41) is 19.7. The van der Waals surface area contributed by atoms with E-state index < -0.39 is 5.82 Å². The normalized spacial score (nSPS) is 13.3. The summed E-state index contributed by atoms with van der Waals surface area (Å²) in [6.07, 6.45) is 5.54. The lowest BCUT2D eigenvalue weighted by molar-refractivity contribution is 0.284.